The number of hydrogen-bond acceptors (Lipinski definition) is 7. The topological polar surface area (TPSA) is 81.2 Å². The van der Waals surface area contributed by atoms with E-state index in [1.54, 1.807) is 13.3 Å². The smallest absolute Gasteiger partial charge is 0.244 e. The molecule has 0 bridgehead atoms. The second-order valence-electron chi connectivity index (χ2n) is 8.22. The average molecular weight is 433 g/mol. The highest BCUT2D eigenvalue weighted by Gasteiger charge is 2.31. The van der Waals surface area contributed by atoms with E-state index in [2.05, 4.69) is 62.4 Å². The Bertz CT molecular complexity index is 1180. The van der Waals surface area contributed by atoms with E-state index in [0.717, 1.165) is 37.3 Å². The summed E-state index contributed by atoms with van der Waals surface area (Å²) in [6.07, 6.45) is 6.14. The first-order chi connectivity index (χ1) is 15.7. The van der Waals surface area contributed by atoms with E-state index in [9.17, 15) is 0 Å². The summed E-state index contributed by atoms with van der Waals surface area (Å²) in [5.74, 6) is 2.06. The van der Waals surface area contributed by atoms with Crippen molar-refractivity contribution < 1.29 is 9.26 Å². The predicted molar refractivity (Wildman–Crippen MR) is 123 cm³/mol. The van der Waals surface area contributed by atoms with E-state index >= 15 is 0 Å². The van der Waals surface area contributed by atoms with Crippen molar-refractivity contribution in [2.75, 3.05) is 32.1 Å². The van der Waals surface area contributed by atoms with Crippen molar-refractivity contribution in [2.45, 2.75) is 25.4 Å². The van der Waals surface area contributed by atoms with E-state index in [4.69, 9.17) is 14.2 Å². The van der Waals surface area contributed by atoms with Crippen molar-refractivity contribution >= 4 is 16.7 Å². The minimum Gasteiger partial charge on any atom is -0.383 e. The molecule has 1 atom stereocenters. The Kier molecular flexibility index (Phi) is 5.87. The van der Waals surface area contributed by atoms with Crippen molar-refractivity contribution in [3.8, 4) is 11.4 Å². The van der Waals surface area contributed by atoms with Gasteiger partial charge in [-0.3, -0.25) is 4.90 Å². The summed E-state index contributed by atoms with van der Waals surface area (Å²) in [4.78, 5) is 11.6. The van der Waals surface area contributed by atoms with Gasteiger partial charge in [0.25, 0.3) is 0 Å². The number of benzene rings is 1. The third-order valence-electron chi connectivity index (χ3n) is 6.08. The molecule has 0 spiro atoms. The molecular formula is C24H28N6O2. The Labute approximate surface area is 187 Å². The molecule has 32 heavy (non-hydrogen) atoms. The largest absolute Gasteiger partial charge is 0.383 e. The van der Waals surface area contributed by atoms with Crippen LogP contribution in [0.4, 0.5) is 5.82 Å². The van der Waals surface area contributed by atoms with Gasteiger partial charge in [-0.2, -0.15) is 4.98 Å². The first kappa shape index (κ1) is 20.7. The Morgan fingerprint density at radius 1 is 1.22 bits per heavy atom. The number of para-hydroxylation sites is 1. The number of nitrogens with zero attached hydrogens (tertiary/aromatic N) is 5. The zero-order chi connectivity index (χ0) is 21.9. The fourth-order valence-corrected chi connectivity index (χ4v) is 4.47. The van der Waals surface area contributed by atoms with Gasteiger partial charge in [-0.05, 0) is 43.1 Å². The monoisotopic (exact) mass is 432 g/mol. The highest BCUT2D eigenvalue weighted by molar-refractivity contribution is 5.83. The van der Waals surface area contributed by atoms with Crippen molar-refractivity contribution in [3.63, 3.8) is 0 Å². The third-order valence-corrected chi connectivity index (χ3v) is 6.08. The molecule has 1 aromatic carbocycles. The standard InChI is InChI=1S/C24H28N6O2/c1-29-15-18(19-6-3-4-7-20(19)29)16-30-12-5-8-21(30)24-27-23(28-32-24)17-9-10-22(26-14-17)25-11-13-31-2/h3-4,6-7,9-10,14-15,21H,5,8,11-13,16H2,1-2H3,(H,25,26)/t21-/m0/s1. The Morgan fingerprint density at radius 3 is 2.97 bits per heavy atom. The number of anilines is 1. The molecule has 4 heterocycles. The van der Waals surface area contributed by atoms with Crippen molar-refractivity contribution in [3.05, 3.63) is 60.2 Å². The number of hydrogen-bond donors (Lipinski definition) is 1. The zero-order valence-corrected chi connectivity index (χ0v) is 18.5. The highest BCUT2D eigenvalue weighted by Crippen LogP contribution is 2.34. The van der Waals surface area contributed by atoms with Crippen LogP contribution >= 0.6 is 0 Å². The third kappa shape index (κ3) is 4.11. The molecule has 8 nitrogen and oxygen atoms in total. The molecule has 166 valence electrons. The number of ether oxygens (including phenoxy) is 1. The van der Waals surface area contributed by atoms with Crippen LogP contribution in [-0.2, 0) is 18.3 Å². The lowest BCUT2D eigenvalue weighted by Gasteiger charge is -2.21. The quantitative estimate of drug-likeness (QED) is 0.421. The van der Waals surface area contributed by atoms with Crippen molar-refractivity contribution in [1.29, 1.82) is 0 Å². The van der Waals surface area contributed by atoms with Crippen molar-refractivity contribution in [1.82, 2.24) is 24.6 Å². The van der Waals surface area contributed by atoms with Gasteiger partial charge in [-0.25, -0.2) is 4.98 Å². The lowest BCUT2D eigenvalue weighted by Crippen LogP contribution is -2.22. The van der Waals surface area contributed by atoms with Crippen LogP contribution in [0, 0.1) is 0 Å². The highest BCUT2D eigenvalue weighted by atomic mass is 16.5. The van der Waals surface area contributed by atoms with Gasteiger partial charge >= 0.3 is 0 Å². The lowest BCUT2D eigenvalue weighted by atomic mass is 10.1. The molecular weight excluding hydrogens is 404 g/mol. The van der Waals surface area contributed by atoms with E-state index in [0.29, 0.717) is 24.9 Å². The molecule has 4 aromatic rings. The van der Waals surface area contributed by atoms with Crippen LogP contribution in [0.15, 0.2) is 53.3 Å². The number of rotatable bonds is 8. The second kappa shape index (κ2) is 9.10. The van der Waals surface area contributed by atoms with Gasteiger partial charge in [0.1, 0.15) is 5.82 Å². The number of likely N-dealkylation sites (tertiary alicyclic amines) is 1. The van der Waals surface area contributed by atoms with Gasteiger partial charge in [0, 0.05) is 56.1 Å². The second-order valence-corrected chi connectivity index (χ2v) is 8.22. The molecule has 0 aliphatic carbocycles. The molecule has 0 radical (unpaired) electrons. The lowest BCUT2D eigenvalue weighted by molar-refractivity contribution is 0.201. The Morgan fingerprint density at radius 2 is 2.12 bits per heavy atom. The molecule has 1 fully saturated rings. The summed E-state index contributed by atoms with van der Waals surface area (Å²) in [7, 11) is 3.78. The predicted octanol–water partition coefficient (Wildman–Crippen LogP) is 4.02. The number of methoxy groups -OCH3 is 1. The van der Waals surface area contributed by atoms with E-state index in [1.807, 2.05) is 12.1 Å². The molecule has 0 saturated carbocycles. The summed E-state index contributed by atoms with van der Waals surface area (Å²) >= 11 is 0. The number of fused-ring (bicyclic) bond motifs is 1. The normalized spacial score (nSPS) is 16.8. The van der Waals surface area contributed by atoms with E-state index in [-0.39, 0.29) is 6.04 Å². The molecule has 1 N–H and O–H groups in total. The number of aryl methyl sites for hydroxylation is 1. The maximum Gasteiger partial charge on any atom is 0.244 e. The zero-order valence-electron chi connectivity index (χ0n) is 18.5. The number of nitrogens with one attached hydrogen (secondary N) is 1. The van der Waals surface area contributed by atoms with Gasteiger partial charge in [0.05, 0.1) is 12.6 Å². The van der Waals surface area contributed by atoms with Crippen LogP contribution in [0.25, 0.3) is 22.3 Å². The average Bonchev–Trinajstić information content (AvgIpc) is 3.55. The fourth-order valence-electron chi connectivity index (χ4n) is 4.47. The van der Waals surface area contributed by atoms with Gasteiger partial charge in [-0.1, -0.05) is 23.4 Å². The van der Waals surface area contributed by atoms with Crippen LogP contribution < -0.4 is 5.32 Å². The van der Waals surface area contributed by atoms with Gasteiger partial charge in [0.2, 0.25) is 11.7 Å². The van der Waals surface area contributed by atoms with Crippen LogP contribution in [-0.4, -0.2) is 51.4 Å². The van der Waals surface area contributed by atoms with Gasteiger partial charge < -0.3 is 19.1 Å². The Balaban J connectivity index is 1.31. The molecule has 1 aliphatic rings. The maximum absolute atomic E-state index is 5.71. The molecule has 1 saturated heterocycles. The van der Waals surface area contributed by atoms with E-state index in [1.165, 1.54) is 16.5 Å². The molecule has 3 aromatic heterocycles. The first-order valence-corrected chi connectivity index (χ1v) is 11.0. The number of aromatic nitrogens is 4. The number of pyridine rings is 1. The molecule has 5 rings (SSSR count). The van der Waals surface area contributed by atoms with Gasteiger partial charge in [0.15, 0.2) is 0 Å². The molecule has 8 heteroatoms. The van der Waals surface area contributed by atoms with Crippen LogP contribution in [0.2, 0.25) is 0 Å². The van der Waals surface area contributed by atoms with E-state index < -0.39 is 0 Å². The summed E-state index contributed by atoms with van der Waals surface area (Å²) in [5, 5.41) is 8.75. The summed E-state index contributed by atoms with van der Waals surface area (Å²) in [5.41, 5.74) is 3.43. The molecule has 0 unspecified atom stereocenters. The van der Waals surface area contributed by atoms with Crippen LogP contribution in [0.3, 0.4) is 0 Å². The fraction of sp³-hybridized carbons (Fsp3) is 0.375. The first-order valence-electron chi connectivity index (χ1n) is 11.0. The van der Waals surface area contributed by atoms with Crippen LogP contribution in [0.5, 0.6) is 0 Å². The summed E-state index contributed by atoms with van der Waals surface area (Å²) < 4.78 is 12.9. The summed E-state index contributed by atoms with van der Waals surface area (Å²) in [6, 6.07) is 12.6. The minimum absolute atomic E-state index is 0.137. The minimum atomic E-state index is 0.137. The molecule has 1 aliphatic heterocycles. The Hall–Kier alpha value is -3.23. The van der Waals surface area contributed by atoms with Crippen LogP contribution in [0.1, 0.15) is 30.3 Å². The summed E-state index contributed by atoms with van der Waals surface area (Å²) in [6.45, 7) is 3.24. The molecule has 0 amide bonds. The maximum atomic E-state index is 5.71. The van der Waals surface area contributed by atoms with Crippen molar-refractivity contribution in [2.24, 2.45) is 7.05 Å². The SMILES string of the molecule is COCCNc1ccc(-c2noc([C@@H]3CCCN3Cc3cn(C)c4ccccc34)n2)cn1. The van der Waals surface area contributed by atoms with Gasteiger partial charge in [-0.15, -0.1) is 0 Å².